The normalized spacial score (nSPS) is 10.3. The number of carboxylic acids is 1. The molecule has 0 aliphatic rings. The molecule has 2 rings (SSSR count). The molecule has 0 saturated heterocycles. The molecule has 1 heterocycles. The molecule has 0 saturated carbocycles. The van der Waals surface area contributed by atoms with Gasteiger partial charge in [-0.1, -0.05) is 11.6 Å². The second kappa shape index (κ2) is 6.01. The molecule has 0 aliphatic carbocycles. The molecule has 0 bridgehead atoms. The van der Waals surface area contributed by atoms with E-state index in [0.717, 1.165) is 5.69 Å². The number of ether oxygens (including phenoxy) is 1. The number of hydrogen-bond acceptors (Lipinski definition) is 4. The maximum atomic E-state index is 11.4. The van der Waals surface area contributed by atoms with E-state index in [1.165, 1.54) is 7.11 Å². The number of carboxylic acid groups (broad SMARTS) is 1. The highest BCUT2D eigenvalue weighted by Gasteiger charge is 2.16. The monoisotopic (exact) mass is 306 g/mol. The van der Waals surface area contributed by atoms with Crippen LogP contribution in [-0.2, 0) is 0 Å². The largest absolute Gasteiger partial charge is 0.495 e. The summed E-state index contributed by atoms with van der Waals surface area (Å²) in [6, 6.07) is 6.84. The van der Waals surface area contributed by atoms with Gasteiger partial charge in [0.15, 0.2) is 0 Å². The molecule has 0 spiro atoms. The van der Waals surface area contributed by atoms with Gasteiger partial charge in [-0.15, -0.1) is 0 Å². The summed E-state index contributed by atoms with van der Waals surface area (Å²) in [5.41, 5.74) is 2.17. The molecule has 110 valence electrons. The molecule has 0 aliphatic heterocycles. The van der Waals surface area contributed by atoms with E-state index in [0.29, 0.717) is 27.8 Å². The minimum absolute atomic E-state index is 0.146. The first-order valence-electron chi connectivity index (χ1n) is 6.24. The summed E-state index contributed by atoms with van der Waals surface area (Å²) in [5, 5.41) is 12.8. The third-order valence-corrected chi connectivity index (χ3v) is 3.27. The lowest BCUT2D eigenvalue weighted by Crippen LogP contribution is -2.08. The van der Waals surface area contributed by atoms with Crippen molar-refractivity contribution in [2.45, 2.75) is 13.8 Å². The molecule has 21 heavy (non-hydrogen) atoms. The van der Waals surface area contributed by atoms with Gasteiger partial charge in [0.25, 0.3) is 0 Å². The van der Waals surface area contributed by atoms with E-state index in [9.17, 15) is 9.90 Å². The lowest BCUT2D eigenvalue weighted by atomic mass is 10.1. The molecule has 0 amide bonds. The van der Waals surface area contributed by atoms with Crippen LogP contribution in [0.5, 0.6) is 5.75 Å². The van der Waals surface area contributed by atoms with Gasteiger partial charge in [-0.3, -0.25) is 0 Å². The number of benzene rings is 1. The van der Waals surface area contributed by atoms with Crippen LogP contribution in [0.2, 0.25) is 5.02 Å². The number of aryl methyl sites for hydroxylation is 2. The van der Waals surface area contributed by atoms with E-state index in [2.05, 4.69) is 10.3 Å². The number of aromatic carboxylic acids is 1. The first kappa shape index (κ1) is 15.1. The smallest absolute Gasteiger partial charge is 0.339 e. The fraction of sp³-hybridized carbons (Fsp3) is 0.200. The number of hydrogen-bond donors (Lipinski definition) is 2. The fourth-order valence-corrected chi connectivity index (χ4v) is 2.34. The zero-order valence-electron chi connectivity index (χ0n) is 11.9. The van der Waals surface area contributed by atoms with Gasteiger partial charge in [0.1, 0.15) is 17.1 Å². The zero-order chi connectivity index (χ0) is 15.6. The van der Waals surface area contributed by atoms with Crippen molar-refractivity contribution < 1.29 is 14.6 Å². The van der Waals surface area contributed by atoms with Crippen LogP contribution in [0, 0.1) is 13.8 Å². The summed E-state index contributed by atoms with van der Waals surface area (Å²) < 4.78 is 5.08. The molecule has 1 aromatic carbocycles. The van der Waals surface area contributed by atoms with Gasteiger partial charge < -0.3 is 15.2 Å². The Bertz CT molecular complexity index is 702. The van der Waals surface area contributed by atoms with Crippen LogP contribution in [-0.4, -0.2) is 23.2 Å². The third-order valence-electron chi connectivity index (χ3n) is 2.97. The summed E-state index contributed by atoms with van der Waals surface area (Å²) in [4.78, 5) is 15.6. The Balaban J connectivity index is 2.44. The van der Waals surface area contributed by atoms with Crippen molar-refractivity contribution >= 4 is 29.1 Å². The Morgan fingerprint density at radius 1 is 1.33 bits per heavy atom. The molecule has 2 aromatic rings. The molecule has 5 nitrogen and oxygen atoms in total. The Morgan fingerprint density at radius 3 is 2.62 bits per heavy atom. The van der Waals surface area contributed by atoms with Gasteiger partial charge in [-0.05, 0) is 43.7 Å². The Kier molecular flexibility index (Phi) is 4.33. The van der Waals surface area contributed by atoms with Gasteiger partial charge in [0.2, 0.25) is 0 Å². The second-order valence-corrected chi connectivity index (χ2v) is 4.99. The van der Waals surface area contributed by atoms with Crippen molar-refractivity contribution in [3.8, 4) is 5.75 Å². The number of methoxy groups -OCH3 is 1. The number of aromatic nitrogens is 1. The van der Waals surface area contributed by atoms with Crippen molar-refractivity contribution in [3.63, 3.8) is 0 Å². The highest BCUT2D eigenvalue weighted by atomic mass is 35.5. The number of halogens is 1. The number of anilines is 2. The predicted molar refractivity (Wildman–Crippen MR) is 82.0 cm³/mol. The van der Waals surface area contributed by atoms with Crippen LogP contribution in [0.25, 0.3) is 0 Å². The Hall–Kier alpha value is -2.27. The quantitative estimate of drug-likeness (QED) is 0.899. The van der Waals surface area contributed by atoms with Crippen LogP contribution < -0.4 is 10.1 Å². The van der Waals surface area contributed by atoms with Gasteiger partial charge in [0.05, 0.1) is 12.1 Å². The van der Waals surface area contributed by atoms with E-state index >= 15 is 0 Å². The molecule has 6 heteroatoms. The van der Waals surface area contributed by atoms with E-state index < -0.39 is 5.97 Å². The number of rotatable bonds is 4. The highest BCUT2D eigenvalue weighted by Crippen LogP contribution is 2.30. The fourth-order valence-electron chi connectivity index (χ4n) is 2.08. The van der Waals surface area contributed by atoms with Crippen LogP contribution in [0.3, 0.4) is 0 Å². The first-order valence-corrected chi connectivity index (χ1v) is 6.62. The van der Waals surface area contributed by atoms with Crippen LogP contribution in [0.4, 0.5) is 11.5 Å². The topological polar surface area (TPSA) is 71.5 Å². The van der Waals surface area contributed by atoms with Crippen molar-refractivity contribution in [2.75, 3.05) is 12.4 Å². The van der Waals surface area contributed by atoms with Crippen LogP contribution in [0.15, 0.2) is 24.3 Å². The maximum absolute atomic E-state index is 11.4. The number of carbonyl (C=O) groups is 1. The van der Waals surface area contributed by atoms with Gasteiger partial charge in [-0.25, -0.2) is 9.78 Å². The summed E-state index contributed by atoms with van der Waals surface area (Å²) >= 11 is 6.06. The van der Waals surface area contributed by atoms with Crippen molar-refractivity contribution in [2.24, 2.45) is 0 Å². The number of nitrogens with one attached hydrogen (secondary N) is 1. The summed E-state index contributed by atoms with van der Waals surface area (Å²) in [6.45, 7) is 3.55. The van der Waals surface area contributed by atoms with Gasteiger partial charge >= 0.3 is 5.97 Å². The molecular formula is C15H15ClN2O3. The lowest BCUT2D eigenvalue weighted by Gasteiger charge is -2.13. The third kappa shape index (κ3) is 3.25. The average molecular weight is 307 g/mol. The Morgan fingerprint density at radius 2 is 2.05 bits per heavy atom. The molecule has 2 N–H and O–H groups in total. The minimum Gasteiger partial charge on any atom is -0.495 e. The van der Waals surface area contributed by atoms with E-state index in [1.54, 1.807) is 31.2 Å². The van der Waals surface area contributed by atoms with E-state index in [1.807, 2.05) is 6.92 Å². The van der Waals surface area contributed by atoms with Gasteiger partial charge in [0, 0.05) is 11.4 Å². The van der Waals surface area contributed by atoms with Crippen molar-refractivity contribution in [1.29, 1.82) is 0 Å². The highest BCUT2D eigenvalue weighted by molar-refractivity contribution is 6.32. The molecular weight excluding hydrogens is 292 g/mol. The van der Waals surface area contributed by atoms with E-state index in [4.69, 9.17) is 16.3 Å². The van der Waals surface area contributed by atoms with Crippen LogP contribution >= 0.6 is 11.6 Å². The molecule has 1 aromatic heterocycles. The predicted octanol–water partition coefficient (Wildman–Crippen LogP) is 3.80. The van der Waals surface area contributed by atoms with Crippen LogP contribution in [0.1, 0.15) is 21.6 Å². The van der Waals surface area contributed by atoms with Crippen molar-refractivity contribution in [3.05, 3.63) is 46.1 Å². The second-order valence-electron chi connectivity index (χ2n) is 4.58. The zero-order valence-corrected chi connectivity index (χ0v) is 12.7. The summed E-state index contributed by atoms with van der Waals surface area (Å²) in [7, 11) is 1.53. The molecule has 0 unspecified atom stereocenters. The number of pyridine rings is 1. The lowest BCUT2D eigenvalue weighted by molar-refractivity contribution is 0.0697. The number of nitrogens with zero attached hydrogens (tertiary/aromatic N) is 1. The van der Waals surface area contributed by atoms with Crippen molar-refractivity contribution in [1.82, 2.24) is 4.98 Å². The first-order chi connectivity index (χ1) is 9.92. The minimum atomic E-state index is -1.03. The molecule has 0 fully saturated rings. The standard InChI is InChI=1S/C15H15ClN2O3/c1-8-6-9(2)17-14(13(8)15(19)20)18-10-4-5-12(21-3)11(16)7-10/h4-7H,1-3H3,(H,17,18)(H,19,20). The molecule has 0 atom stereocenters. The molecule has 0 radical (unpaired) electrons. The van der Waals surface area contributed by atoms with Gasteiger partial charge in [-0.2, -0.15) is 0 Å². The van der Waals surface area contributed by atoms with E-state index in [-0.39, 0.29) is 5.56 Å². The SMILES string of the molecule is COc1ccc(Nc2nc(C)cc(C)c2C(=O)O)cc1Cl. The average Bonchev–Trinajstić information content (AvgIpc) is 2.37. The Labute approximate surface area is 127 Å². The summed E-state index contributed by atoms with van der Waals surface area (Å²) in [6.07, 6.45) is 0. The summed E-state index contributed by atoms with van der Waals surface area (Å²) in [5.74, 6) is -0.183. The maximum Gasteiger partial charge on any atom is 0.339 e.